The molecular weight excluding hydrogens is 242 g/mol. The van der Waals surface area contributed by atoms with Gasteiger partial charge in [-0.1, -0.05) is 13.8 Å². The van der Waals surface area contributed by atoms with Crippen LogP contribution in [0.3, 0.4) is 0 Å². The first kappa shape index (κ1) is 14.0. The number of hydrogen-bond donors (Lipinski definition) is 1. The number of nitrogens with two attached hydrogens (primary N) is 1. The number of ether oxygens (including phenoxy) is 1. The van der Waals surface area contributed by atoms with Crippen molar-refractivity contribution in [3.63, 3.8) is 0 Å². The molecule has 1 aromatic rings. The lowest BCUT2D eigenvalue weighted by Crippen LogP contribution is -2.29. The van der Waals surface area contributed by atoms with Crippen molar-refractivity contribution in [1.29, 1.82) is 0 Å². The first-order valence-electron chi connectivity index (χ1n) is 7.00. The smallest absolute Gasteiger partial charge is 0.104 e. The van der Waals surface area contributed by atoms with Gasteiger partial charge in [0.1, 0.15) is 6.10 Å². The molecule has 1 heterocycles. The van der Waals surface area contributed by atoms with Crippen molar-refractivity contribution in [2.24, 2.45) is 17.6 Å². The summed E-state index contributed by atoms with van der Waals surface area (Å²) in [7, 11) is 0. The molecule has 3 heteroatoms. The molecule has 2 nitrogen and oxygen atoms in total. The van der Waals surface area contributed by atoms with Crippen molar-refractivity contribution >= 4 is 11.3 Å². The van der Waals surface area contributed by atoms with Gasteiger partial charge >= 0.3 is 0 Å². The Morgan fingerprint density at radius 1 is 1.28 bits per heavy atom. The first-order valence-corrected chi connectivity index (χ1v) is 7.82. The number of rotatable bonds is 4. The summed E-state index contributed by atoms with van der Waals surface area (Å²) in [5.41, 5.74) is 5.88. The topological polar surface area (TPSA) is 35.2 Å². The zero-order chi connectivity index (χ0) is 13.1. The Morgan fingerprint density at radius 3 is 2.44 bits per heavy atom. The minimum absolute atomic E-state index is 0.0891. The Hall–Kier alpha value is -0.380. The Labute approximate surface area is 115 Å². The van der Waals surface area contributed by atoms with Crippen LogP contribution in [0.25, 0.3) is 0 Å². The van der Waals surface area contributed by atoms with Crippen molar-refractivity contribution in [2.75, 3.05) is 6.54 Å². The zero-order valence-corrected chi connectivity index (χ0v) is 12.5. The molecule has 1 aliphatic rings. The fraction of sp³-hybridized carbons (Fsp3) is 0.733. The highest BCUT2D eigenvalue weighted by molar-refractivity contribution is 7.12. The lowest BCUT2D eigenvalue weighted by atomic mass is 9.81. The average molecular weight is 267 g/mol. The fourth-order valence-electron chi connectivity index (χ4n) is 3.08. The maximum absolute atomic E-state index is 6.27. The molecule has 2 N–H and O–H groups in total. The summed E-state index contributed by atoms with van der Waals surface area (Å²) in [4.78, 5) is 2.61. The third-order valence-electron chi connectivity index (χ3n) is 3.78. The molecule has 1 fully saturated rings. The molecular formula is C15H25NOS. The normalized spacial score (nSPS) is 30.3. The largest absolute Gasteiger partial charge is 0.368 e. The molecule has 0 radical (unpaired) electrons. The Morgan fingerprint density at radius 2 is 1.94 bits per heavy atom. The van der Waals surface area contributed by atoms with E-state index < -0.39 is 0 Å². The van der Waals surface area contributed by atoms with Crippen LogP contribution < -0.4 is 5.73 Å². The van der Waals surface area contributed by atoms with E-state index in [2.05, 4.69) is 32.9 Å². The summed E-state index contributed by atoms with van der Waals surface area (Å²) >= 11 is 1.81. The quantitative estimate of drug-likeness (QED) is 0.898. The predicted molar refractivity (Wildman–Crippen MR) is 77.9 cm³/mol. The van der Waals surface area contributed by atoms with Gasteiger partial charge in [0.2, 0.25) is 0 Å². The van der Waals surface area contributed by atoms with Crippen LogP contribution >= 0.6 is 11.3 Å². The molecule has 3 atom stereocenters. The van der Waals surface area contributed by atoms with Gasteiger partial charge < -0.3 is 10.5 Å². The van der Waals surface area contributed by atoms with Gasteiger partial charge in [0.25, 0.3) is 0 Å². The number of hydrogen-bond acceptors (Lipinski definition) is 3. The second-order valence-corrected chi connectivity index (χ2v) is 7.17. The van der Waals surface area contributed by atoms with Crippen LogP contribution in [0, 0.1) is 18.8 Å². The fourth-order valence-corrected chi connectivity index (χ4v) is 4.01. The minimum atomic E-state index is 0.0891. The van der Waals surface area contributed by atoms with Crippen LogP contribution in [0.1, 0.15) is 49.0 Å². The molecule has 1 aliphatic carbocycles. The molecule has 3 unspecified atom stereocenters. The van der Waals surface area contributed by atoms with Crippen LogP contribution in [0.2, 0.25) is 0 Å². The maximum atomic E-state index is 6.27. The number of thiophene rings is 1. The molecule has 0 aromatic carbocycles. The molecule has 0 spiro atoms. The summed E-state index contributed by atoms with van der Waals surface area (Å²) in [5.74, 6) is 1.56. The Bertz CT molecular complexity index is 366. The van der Waals surface area contributed by atoms with E-state index in [-0.39, 0.29) is 6.10 Å². The van der Waals surface area contributed by atoms with E-state index in [0.29, 0.717) is 12.6 Å². The van der Waals surface area contributed by atoms with Crippen molar-refractivity contribution in [1.82, 2.24) is 0 Å². The van der Waals surface area contributed by atoms with Crippen LogP contribution in [0.4, 0.5) is 0 Å². The standard InChI is InChI=1S/C15H25NOS/c1-10-6-11(2)8-13(7-10)17-14(9-16)15-5-4-12(3)18-15/h4-5,10-11,13-14H,6-9,16H2,1-3H3. The molecule has 1 saturated carbocycles. The molecule has 102 valence electrons. The third kappa shape index (κ3) is 3.56. The van der Waals surface area contributed by atoms with Gasteiger partial charge in [-0.05, 0) is 50.2 Å². The van der Waals surface area contributed by atoms with Crippen LogP contribution in [0.5, 0.6) is 0 Å². The molecule has 1 aromatic heterocycles. The lowest BCUT2D eigenvalue weighted by molar-refractivity contribution is -0.0451. The van der Waals surface area contributed by atoms with Gasteiger partial charge in [0.05, 0.1) is 6.10 Å². The van der Waals surface area contributed by atoms with Gasteiger partial charge in [0.15, 0.2) is 0 Å². The van der Waals surface area contributed by atoms with Gasteiger partial charge in [-0.3, -0.25) is 0 Å². The average Bonchev–Trinajstić information content (AvgIpc) is 2.71. The maximum Gasteiger partial charge on any atom is 0.104 e. The summed E-state index contributed by atoms with van der Waals surface area (Å²) in [5, 5.41) is 0. The summed E-state index contributed by atoms with van der Waals surface area (Å²) in [6.07, 6.45) is 4.19. The van der Waals surface area contributed by atoms with Crippen molar-refractivity contribution < 1.29 is 4.74 Å². The van der Waals surface area contributed by atoms with E-state index in [1.807, 2.05) is 0 Å². The van der Waals surface area contributed by atoms with E-state index in [9.17, 15) is 0 Å². The summed E-state index contributed by atoms with van der Waals surface area (Å²) < 4.78 is 6.27. The Kier molecular flexibility index (Phi) is 4.82. The van der Waals surface area contributed by atoms with Gasteiger partial charge in [0, 0.05) is 16.3 Å². The van der Waals surface area contributed by atoms with Crippen molar-refractivity contribution in [2.45, 2.75) is 52.2 Å². The summed E-state index contributed by atoms with van der Waals surface area (Å²) in [6.45, 7) is 7.38. The summed E-state index contributed by atoms with van der Waals surface area (Å²) in [6, 6.07) is 4.31. The van der Waals surface area contributed by atoms with Gasteiger partial charge in [-0.15, -0.1) is 11.3 Å². The SMILES string of the molecule is Cc1ccc(C(CN)OC2CC(C)CC(C)C2)s1. The minimum Gasteiger partial charge on any atom is -0.368 e. The second-order valence-electron chi connectivity index (χ2n) is 5.85. The van der Waals surface area contributed by atoms with Crippen LogP contribution in [-0.4, -0.2) is 12.6 Å². The van der Waals surface area contributed by atoms with E-state index in [1.165, 1.54) is 29.0 Å². The van der Waals surface area contributed by atoms with E-state index in [1.54, 1.807) is 11.3 Å². The van der Waals surface area contributed by atoms with Gasteiger partial charge in [-0.25, -0.2) is 0 Å². The molecule has 2 rings (SSSR count). The van der Waals surface area contributed by atoms with E-state index in [0.717, 1.165) is 11.8 Å². The van der Waals surface area contributed by atoms with Crippen LogP contribution in [0.15, 0.2) is 12.1 Å². The third-order valence-corrected chi connectivity index (χ3v) is 4.88. The number of aryl methyl sites for hydroxylation is 1. The van der Waals surface area contributed by atoms with E-state index >= 15 is 0 Å². The second kappa shape index (κ2) is 6.18. The molecule has 0 aliphatic heterocycles. The van der Waals surface area contributed by atoms with Crippen LogP contribution in [-0.2, 0) is 4.74 Å². The highest BCUT2D eigenvalue weighted by Crippen LogP contribution is 2.34. The Balaban J connectivity index is 1.97. The molecule has 0 amide bonds. The highest BCUT2D eigenvalue weighted by atomic mass is 32.1. The van der Waals surface area contributed by atoms with Gasteiger partial charge in [-0.2, -0.15) is 0 Å². The molecule has 0 bridgehead atoms. The zero-order valence-electron chi connectivity index (χ0n) is 11.7. The predicted octanol–water partition coefficient (Wildman–Crippen LogP) is 3.90. The molecule has 0 saturated heterocycles. The van der Waals surface area contributed by atoms with E-state index in [4.69, 9.17) is 10.5 Å². The lowest BCUT2D eigenvalue weighted by Gasteiger charge is -2.33. The molecule has 18 heavy (non-hydrogen) atoms. The van der Waals surface area contributed by atoms with Crippen molar-refractivity contribution in [3.05, 3.63) is 21.9 Å². The highest BCUT2D eigenvalue weighted by Gasteiger charge is 2.27. The first-order chi connectivity index (χ1) is 8.58. The monoisotopic (exact) mass is 267 g/mol. The van der Waals surface area contributed by atoms with Crippen molar-refractivity contribution in [3.8, 4) is 0 Å².